The van der Waals surface area contributed by atoms with Crippen LogP contribution in [0.4, 0.5) is 0 Å². The molecule has 0 aromatic rings. The summed E-state index contributed by atoms with van der Waals surface area (Å²) in [5.74, 6) is 0.0630. The van der Waals surface area contributed by atoms with Crippen LogP contribution in [0.3, 0.4) is 0 Å². The maximum Gasteiger partial charge on any atom is 0.178 e. The van der Waals surface area contributed by atoms with Gasteiger partial charge in [0, 0.05) is 36.9 Å². The molecule has 2 aliphatic heterocycles. The van der Waals surface area contributed by atoms with E-state index in [0.29, 0.717) is 12.1 Å². The molecule has 2 atom stereocenters. The Morgan fingerprint density at radius 3 is 1.08 bits per heavy atom. The van der Waals surface area contributed by atoms with E-state index < -0.39 is 0 Å². The van der Waals surface area contributed by atoms with Gasteiger partial charge in [0.05, 0.1) is 0 Å². The second-order valence-electron chi connectivity index (χ2n) is 9.24. The van der Waals surface area contributed by atoms with Gasteiger partial charge in [0.15, 0.2) is 11.6 Å². The first-order valence-electron chi connectivity index (χ1n) is 12.4. The summed E-state index contributed by atoms with van der Waals surface area (Å²) in [6.45, 7) is 4.51. The number of nitrogens with zero attached hydrogens (tertiary/aromatic N) is 2. The number of rotatable bonds is 7. The number of ketones is 2. The largest absolute Gasteiger partial charge is 0.351 e. The summed E-state index contributed by atoms with van der Waals surface area (Å²) in [7, 11) is 0. The van der Waals surface area contributed by atoms with Crippen LogP contribution in [0.15, 0.2) is 144 Å². The minimum Gasteiger partial charge on any atom is -0.351 e. The topological polar surface area (TPSA) is 40.6 Å². The molecule has 2 unspecified atom stereocenters. The second kappa shape index (κ2) is 12.0. The Bertz CT molecular complexity index is 1090. The molecule has 2 aliphatic carbocycles. The van der Waals surface area contributed by atoms with Crippen LogP contribution in [-0.4, -0.2) is 33.4 Å². The van der Waals surface area contributed by atoms with Crippen LogP contribution in [0.2, 0.25) is 0 Å². The number of allylic oxidation sites excluding steroid dienone is 20. The zero-order chi connectivity index (χ0) is 25.3. The highest BCUT2D eigenvalue weighted by molar-refractivity contribution is 6.01. The van der Waals surface area contributed by atoms with Gasteiger partial charge >= 0.3 is 0 Å². The van der Waals surface area contributed by atoms with E-state index in [0.717, 1.165) is 35.1 Å². The van der Waals surface area contributed by atoms with E-state index in [1.54, 1.807) is 24.3 Å². The van der Waals surface area contributed by atoms with Gasteiger partial charge in [0.1, 0.15) is 0 Å². The van der Waals surface area contributed by atoms with Crippen molar-refractivity contribution in [3.63, 3.8) is 0 Å². The summed E-state index contributed by atoms with van der Waals surface area (Å²) >= 11 is 0. The standard InChI is InChI=1S/C32H32N2O2/c1-25(33-21-17-29(18-22-33)7-5-27-9-13-31(35)14-10-27)3-4-26(2)34-23-19-30(20-24-34)8-6-28-11-15-32(36)16-12-28/h5-26H,3-4H2,1-2H3. The lowest BCUT2D eigenvalue weighted by Crippen LogP contribution is -2.29. The van der Waals surface area contributed by atoms with Gasteiger partial charge in [-0.15, -0.1) is 0 Å². The minimum absolute atomic E-state index is 0.0315. The molecule has 0 N–H and O–H groups in total. The highest BCUT2D eigenvalue weighted by Gasteiger charge is 2.15. The normalized spacial score (nSPS) is 19.9. The van der Waals surface area contributed by atoms with Crippen LogP contribution >= 0.6 is 0 Å². The molecule has 0 radical (unpaired) electrons. The molecule has 0 amide bonds. The van der Waals surface area contributed by atoms with Crippen molar-refractivity contribution >= 4 is 11.6 Å². The number of carbonyl (C=O) groups excluding carboxylic acids is 2. The molecular weight excluding hydrogens is 444 g/mol. The molecule has 4 heteroatoms. The van der Waals surface area contributed by atoms with E-state index in [9.17, 15) is 9.59 Å². The zero-order valence-corrected chi connectivity index (χ0v) is 20.8. The Morgan fingerprint density at radius 1 is 0.500 bits per heavy atom. The minimum atomic E-state index is 0.0315. The molecule has 182 valence electrons. The maximum absolute atomic E-state index is 11.2. The predicted octanol–water partition coefficient (Wildman–Crippen LogP) is 6.33. The van der Waals surface area contributed by atoms with Crippen molar-refractivity contribution in [2.24, 2.45) is 0 Å². The van der Waals surface area contributed by atoms with Crippen molar-refractivity contribution in [2.45, 2.75) is 38.8 Å². The third-order valence-electron chi connectivity index (χ3n) is 6.47. The summed E-state index contributed by atoms with van der Waals surface area (Å²) in [5.41, 5.74) is 4.30. The van der Waals surface area contributed by atoms with Gasteiger partial charge in [-0.2, -0.15) is 0 Å². The Kier molecular flexibility index (Phi) is 8.30. The molecule has 0 saturated carbocycles. The lowest BCUT2D eigenvalue weighted by Gasteiger charge is -2.30. The quantitative estimate of drug-likeness (QED) is 0.431. The van der Waals surface area contributed by atoms with Gasteiger partial charge in [0.25, 0.3) is 0 Å². The first-order valence-corrected chi connectivity index (χ1v) is 12.4. The van der Waals surface area contributed by atoms with E-state index in [1.165, 1.54) is 0 Å². The summed E-state index contributed by atoms with van der Waals surface area (Å²) in [5, 5.41) is 0. The number of hydrogen-bond acceptors (Lipinski definition) is 4. The van der Waals surface area contributed by atoms with E-state index in [1.807, 2.05) is 36.5 Å². The molecule has 0 aromatic carbocycles. The molecule has 0 saturated heterocycles. The van der Waals surface area contributed by atoms with Crippen molar-refractivity contribution in [3.8, 4) is 0 Å². The van der Waals surface area contributed by atoms with Crippen molar-refractivity contribution in [1.29, 1.82) is 0 Å². The second-order valence-corrected chi connectivity index (χ2v) is 9.24. The molecule has 4 nitrogen and oxygen atoms in total. The lowest BCUT2D eigenvalue weighted by atomic mass is 10.0. The van der Waals surface area contributed by atoms with Crippen molar-refractivity contribution < 1.29 is 9.59 Å². The summed E-state index contributed by atoms with van der Waals surface area (Å²) in [4.78, 5) is 27.0. The van der Waals surface area contributed by atoms with E-state index in [2.05, 4.69) is 84.9 Å². The van der Waals surface area contributed by atoms with Crippen molar-refractivity contribution in [3.05, 3.63) is 144 Å². The van der Waals surface area contributed by atoms with E-state index in [-0.39, 0.29) is 11.6 Å². The molecule has 2 heterocycles. The number of hydrogen-bond donors (Lipinski definition) is 0. The van der Waals surface area contributed by atoms with Crippen molar-refractivity contribution in [2.75, 3.05) is 0 Å². The Labute approximate surface area is 214 Å². The monoisotopic (exact) mass is 476 g/mol. The first-order chi connectivity index (χ1) is 17.5. The molecule has 4 aliphatic rings. The Hall–Kier alpha value is -4.18. The van der Waals surface area contributed by atoms with Crippen LogP contribution in [0.5, 0.6) is 0 Å². The van der Waals surface area contributed by atoms with Crippen LogP contribution in [0.1, 0.15) is 26.7 Å². The third kappa shape index (κ3) is 7.16. The molecule has 0 spiro atoms. The van der Waals surface area contributed by atoms with Crippen LogP contribution < -0.4 is 0 Å². The fraction of sp³-hybridized carbons (Fsp3) is 0.188. The van der Waals surface area contributed by atoms with Gasteiger partial charge in [-0.3, -0.25) is 9.59 Å². The van der Waals surface area contributed by atoms with Gasteiger partial charge in [-0.25, -0.2) is 0 Å². The average molecular weight is 477 g/mol. The average Bonchev–Trinajstić information content (AvgIpc) is 2.91. The molecule has 0 fully saturated rings. The first kappa shape index (κ1) is 24.9. The highest BCUT2D eigenvalue weighted by atomic mass is 16.1. The molecule has 36 heavy (non-hydrogen) atoms. The maximum atomic E-state index is 11.2. The fourth-order valence-electron chi connectivity index (χ4n) is 4.03. The van der Waals surface area contributed by atoms with Gasteiger partial charge in [0.2, 0.25) is 0 Å². The van der Waals surface area contributed by atoms with Crippen LogP contribution in [0.25, 0.3) is 0 Å². The van der Waals surface area contributed by atoms with E-state index >= 15 is 0 Å². The SMILES string of the molecule is CC(CCC(C)N1C=CC(=CC=C2C=CC(=O)C=C2)C=C1)N1C=CC(=CC=C2C=CC(=O)C=C2)C=C1. The molecule has 4 rings (SSSR count). The summed E-state index contributed by atoms with van der Waals surface area (Å²) < 4.78 is 0. The van der Waals surface area contributed by atoms with Crippen LogP contribution in [0, 0.1) is 0 Å². The molecule has 0 bridgehead atoms. The van der Waals surface area contributed by atoms with Crippen molar-refractivity contribution in [1.82, 2.24) is 9.80 Å². The van der Waals surface area contributed by atoms with Gasteiger partial charge in [-0.05, 0) is 97.6 Å². The van der Waals surface area contributed by atoms with Crippen LogP contribution in [-0.2, 0) is 9.59 Å². The fourth-order valence-corrected chi connectivity index (χ4v) is 4.03. The summed E-state index contributed by atoms with van der Waals surface area (Å²) in [6.07, 6.45) is 41.0. The number of carbonyl (C=O) groups is 2. The highest BCUT2D eigenvalue weighted by Crippen LogP contribution is 2.20. The molecular formula is C32H32N2O2. The molecule has 0 aromatic heterocycles. The van der Waals surface area contributed by atoms with E-state index in [4.69, 9.17) is 0 Å². The smallest absolute Gasteiger partial charge is 0.178 e. The third-order valence-corrected chi connectivity index (χ3v) is 6.47. The zero-order valence-electron chi connectivity index (χ0n) is 20.8. The predicted molar refractivity (Wildman–Crippen MR) is 147 cm³/mol. The Morgan fingerprint density at radius 2 is 0.778 bits per heavy atom. The lowest BCUT2D eigenvalue weighted by molar-refractivity contribution is -0.111. The van der Waals surface area contributed by atoms with Gasteiger partial charge < -0.3 is 9.80 Å². The van der Waals surface area contributed by atoms with Gasteiger partial charge in [-0.1, -0.05) is 48.6 Å². The summed E-state index contributed by atoms with van der Waals surface area (Å²) in [6, 6.07) is 0.803. The Balaban J connectivity index is 1.23.